The number of hydrogen-bond acceptors (Lipinski definition) is 20. The van der Waals surface area contributed by atoms with Crippen LogP contribution >= 0.6 is 0 Å². The first kappa shape index (κ1) is 126. The van der Waals surface area contributed by atoms with E-state index in [0.29, 0.717) is 64.5 Å². The molecule has 4 aliphatic heterocycles. The van der Waals surface area contributed by atoms with E-state index in [1.54, 1.807) is 0 Å². The van der Waals surface area contributed by atoms with Gasteiger partial charge in [-0.2, -0.15) is 0 Å². The number of nitrogens with one attached hydrogen (secondary N) is 12. The van der Waals surface area contributed by atoms with Gasteiger partial charge in [-0.3, -0.25) is 95.9 Å². The number of carbonyl (C=O) groups is 20. The molecular weight excluding hydrogens is 1860 g/mol. The molecule has 144 heavy (non-hydrogen) atoms. The summed E-state index contributed by atoms with van der Waals surface area (Å²) in [6.45, 7) is 6.26. The largest absolute Gasteiger partial charge is 0.481 e. The minimum Gasteiger partial charge on any atom is -0.481 e. The molecule has 0 bridgehead atoms. The average molecular weight is 2040 g/mol. The van der Waals surface area contributed by atoms with Crippen LogP contribution in [0.15, 0.2) is 0 Å². The zero-order valence-electron chi connectivity index (χ0n) is 87.0. The smallest absolute Gasteiger partial charge is 0.303 e. The summed E-state index contributed by atoms with van der Waals surface area (Å²) >= 11 is 0. The Balaban J connectivity index is 1.66. The fourth-order valence-electron chi connectivity index (χ4n) is 19.1. The van der Waals surface area contributed by atoms with E-state index in [-0.39, 0.29) is 101 Å². The second-order valence-corrected chi connectivity index (χ2v) is 39.3. The van der Waals surface area contributed by atoms with Crippen molar-refractivity contribution in [2.45, 2.75) is 448 Å². The summed E-state index contributed by atoms with van der Waals surface area (Å²) in [4.78, 5) is 280. The second-order valence-electron chi connectivity index (χ2n) is 39.3. The molecule has 0 aliphatic carbocycles. The van der Waals surface area contributed by atoms with E-state index in [1.807, 2.05) is 0 Å². The molecule has 4 rings (SSSR count). The second kappa shape index (κ2) is 76.0. The Bertz CT molecular complexity index is 3710. The van der Waals surface area contributed by atoms with Gasteiger partial charge in [0.2, 0.25) is 94.5 Å². The Kier molecular flexibility index (Phi) is 66.4. The van der Waals surface area contributed by atoms with Gasteiger partial charge >= 0.3 is 23.9 Å². The molecule has 40 nitrogen and oxygen atoms in total. The molecule has 0 aromatic rings. The molecule has 4 aliphatic rings. The van der Waals surface area contributed by atoms with Gasteiger partial charge in [0.25, 0.3) is 0 Å². The molecular formula is C104H178N16O24. The number of unbranched alkanes of at least 4 members (excludes halogenated alkanes) is 32. The number of likely N-dealkylation sites (tertiary alicyclic amines) is 4. The van der Waals surface area contributed by atoms with Gasteiger partial charge in [-0.1, -0.05) is 233 Å². The SMILES string of the molecule is CCCCCCCCCCCC(=O)N1CCCC1C(=O)NC(CCC(=O)O)C(=O)NCCNC(=O)CC(C(=O)NCCNC(=O)C(CCC(=O)O)NC(=O)C1CCCN1C(=O)CCCCCCCCCCC)C(CC(=O)NCCNC(=O)C(CCC(=O)O)NC(=O)C1CCCN1C(=O)CCCCCCCCCCC)C(=O)NCCNC(=O)C(CCC(=O)O)NC(=O)C1CCCN1C(=O)CCCCCCCCCCC. The normalized spacial score (nSPS) is 16.7. The maximum Gasteiger partial charge on any atom is 0.303 e. The van der Waals surface area contributed by atoms with Crippen LogP contribution in [0.4, 0.5) is 0 Å². The molecule has 4 fully saturated rings. The van der Waals surface area contributed by atoms with Crippen LogP contribution in [0.2, 0.25) is 0 Å². The lowest BCUT2D eigenvalue weighted by Crippen LogP contribution is -2.54. The van der Waals surface area contributed by atoms with Gasteiger partial charge in [-0.25, -0.2) is 0 Å². The van der Waals surface area contributed by atoms with Crippen molar-refractivity contribution in [1.29, 1.82) is 0 Å². The molecule has 0 radical (unpaired) electrons. The maximum absolute atomic E-state index is 15.1. The summed E-state index contributed by atoms with van der Waals surface area (Å²) < 4.78 is 0. The van der Waals surface area contributed by atoms with Crippen LogP contribution < -0.4 is 63.8 Å². The third-order valence-corrected chi connectivity index (χ3v) is 27.5. The van der Waals surface area contributed by atoms with Crippen molar-refractivity contribution in [2.24, 2.45) is 11.8 Å². The lowest BCUT2D eigenvalue weighted by molar-refractivity contribution is -0.140. The van der Waals surface area contributed by atoms with Crippen LogP contribution in [0.3, 0.4) is 0 Å². The number of carboxylic acid groups (broad SMARTS) is 4. The number of carboxylic acids is 4. The highest BCUT2D eigenvalue weighted by Crippen LogP contribution is 2.28. The van der Waals surface area contributed by atoms with Crippen LogP contribution in [0.1, 0.15) is 400 Å². The molecule has 4 heterocycles. The molecule has 16 amide bonds. The van der Waals surface area contributed by atoms with Gasteiger partial charge in [-0.05, 0) is 103 Å². The number of rotatable bonds is 83. The zero-order valence-corrected chi connectivity index (χ0v) is 87.0. The predicted molar refractivity (Wildman–Crippen MR) is 542 cm³/mol. The van der Waals surface area contributed by atoms with Gasteiger partial charge < -0.3 is 104 Å². The van der Waals surface area contributed by atoms with Crippen LogP contribution in [-0.4, -0.2) is 285 Å². The van der Waals surface area contributed by atoms with E-state index in [4.69, 9.17) is 0 Å². The Morgan fingerprint density at radius 2 is 0.403 bits per heavy atom. The van der Waals surface area contributed by atoms with Gasteiger partial charge in [0, 0.05) is 143 Å². The van der Waals surface area contributed by atoms with Crippen LogP contribution in [0, 0.1) is 11.8 Å². The van der Waals surface area contributed by atoms with E-state index in [9.17, 15) is 107 Å². The van der Waals surface area contributed by atoms with Crippen LogP contribution in [0.5, 0.6) is 0 Å². The first-order chi connectivity index (χ1) is 69.3. The van der Waals surface area contributed by atoms with Crippen molar-refractivity contribution < 1.29 is 116 Å². The lowest BCUT2D eigenvalue weighted by atomic mass is 9.84. The van der Waals surface area contributed by atoms with Crippen molar-refractivity contribution in [3.63, 3.8) is 0 Å². The summed E-state index contributed by atoms with van der Waals surface area (Å²) in [6, 6.07) is -9.62. The number of hydrogen-bond donors (Lipinski definition) is 16. The monoisotopic (exact) mass is 2040 g/mol. The van der Waals surface area contributed by atoms with E-state index in [2.05, 4.69) is 91.5 Å². The van der Waals surface area contributed by atoms with E-state index >= 15 is 9.59 Å². The maximum atomic E-state index is 15.1. The fraction of sp³-hybridized carbons (Fsp3) is 0.808. The minimum absolute atomic E-state index is 0.205. The molecule has 40 heteroatoms. The van der Waals surface area contributed by atoms with Gasteiger partial charge in [0.1, 0.15) is 48.3 Å². The Labute approximate surface area is 852 Å². The lowest BCUT2D eigenvalue weighted by Gasteiger charge is -2.27. The fourth-order valence-corrected chi connectivity index (χ4v) is 19.1. The summed E-state index contributed by atoms with van der Waals surface area (Å²) in [7, 11) is 0. The average Bonchev–Trinajstić information content (AvgIpc) is 1.75. The summed E-state index contributed by atoms with van der Waals surface area (Å²) in [6.07, 6.45) is 35.1. The molecule has 0 saturated carbocycles. The molecule has 16 N–H and O–H groups in total. The molecule has 10 atom stereocenters. The first-order valence-electron chi connectivity index (χ1n) is 54.8. The predicted octanol–water partition coefficient (Wildman–Crippen LogP) is 8.97. The molecule has 0 aromatic carbocycles. The highest BCUT2D eigenvalue weighted by atomic mass is 16.4. The minimum atomic E-state index is -1.89. The van der Waals surface area contributed by atoms with Crippen LogP contribution in [0.25, 0.3) is 0 Å². The zero-order chi connectivity index (χ0) is 106. The molecule has 10 unspecified atom stereocenters. The number of nitrogens with zero attached hydrogens (tertiary/aromatic N) is 4. The number of amides is 16. The van der Waals surface area contributed by atoms with E-state index in [0.717, 1.165) is 154 Å². The van der Waals surface area contributed by atoms with Crippen molar-refractivity contribution in [3.05, 3.63) is 0 Å². The van der Waals surface area contributed by atoms with E-state index < -0.39 is 259 Å². The summed E-state index contributed by atoms with van der Waals surface area (Å²) in [5, 5.41) is 70.2. The number of aliphatic carboxylic acids is 4. The van der Waals surface area contributed by atoms with E-state index in [1.165, 1.54) is 71.0 Å². The molecule has 0 spiro atoms. The summed E-state index contributed by atoms with van der Waals surface area (Å²) in [5.74, 6) is -20.3. The highest BCUT2D eigenvalue weighted by molar-refractivity contribution is 5.98. The Morgan fingerprint density at radius 1 is 0.229 bits per heavy atom. The quantitative estimate of drug-likeness (QED) is 0.0252. The molecule has 4 saturated heterocycles. The topological polar surface area (TPSA) is 580 Å². The van der Waals surface area contributed by atoms with Gasteiger partial charge in [0.15, 0.2) is 0 Å². The first-order valence-corrected chi connectivity index (χ1v) is 54.8. The van der Waals surface area contributed by atoms with Crippen LogP contribution in [-0.2, 0) is 95.9 Å². The third kappa shape index (κ3) is 53.0. The van der Waals surface area contributed by atoms with Gasteiger partial charge in [0.05, 0.1) is 11.8 Å². The third-order valence-electron chi connectivity index (χ3n) is 27.5. The van der Waals surface area contributed by atoms with Crippen molar-refractivity contribution in [3.8, 4) is 0 Å². The molecule has 818 valence electrons. The van der Waals surface area contributed by atoms with Crippen molar-refractivity contribution in [1.82, 2.24) is 83.4 Å². The highest BCUT2D eigenvalue weighted by Gasteiger charge is 2.43. The van der Waals surface area contributed by atoms with Gasteiger partial charge in [-0.15, -0.1) is 0 Å². The Morgan fingerprint density at radius 3 is 0.590 bits per heavy atom. The Hall–Kier alpha value is -10.6. The molecule has 0 aromatic heterocycles. The standard InChI is InChI=1S/C104H178N16O24/c1-5-9-13-17-21-25-29-33-37-49-87(123)117-69-41-45-81(117)101(141)113-77(53-57-91(127)128)97(137)109-63-61-105-85(121)73-75(95(135)107-65-67-111-99(139)79(55-59-93(131)132)115-103(143)83-47-43-71-119(83)89(125)51-39-35-31-27-23-19-15-11-7-3)76(96(136)108-66-68-112-100(140)80(56-60-94(133)134)116-104(144)84-48-44-72-120(84)90(126)52-40-36-32-28-24-20-16-12-8-4)74-86(122)106-62-64-110-98(138)78(54-58-92(129)130)114-102(142)82-46-42-70-118(82)88(124)50-38-34-30-26-22-18-14-10-6-2/h75-84H,5-74H2,1-4H3,(H,105,121)(H,106,122)(H,107,135)(H,108,136)(H,109,137)(H,110,138)(H,111,139)(H,112,140)(H,113,141)(H,114,142)(H,115,143)(H,116,144)(H,127,128)(H,129,130)(H,131,132)(H,133,134). The van der Waals surface area contributed by atoms with Crippen molar-refractivity contribution >= 4 is 118 Å². The van der Waals surface area contributed by atoms with Crippen molar-refractivity contribution in [2.75, 3.05) is 78.5 Å². The summed E-state index contributed by atoms with van der Waals surface area (Å²) in [5.41, 5.74) is 0. The number of carbonyl (C=O) groups excluding carboxylic acids is 16.